The van der Waals surface area contributed by atoms with Gasteiger partial charge < -0.3 is 14.2 Å². The van der Waals surface area contributed by atoms with E-state index in [0.29, 0.717) is 6.61 Å². The molecule has 0 aromatic heterocycles. The number of unbranched alkanes of at least 4 members (excludes halogenated alkanes) is 4. The second-order valence-electron chi connectivity index (χ2n) is 3.37. The van der Waals surface area contributed by atoms with Crippen molar-refractivity contribution in [1.29, 1.82) is 0 Å². The van der Waals surface area contributed by atoms with E-state index in [4.69, 9.17) is 14.2 Å². The third kappa shape index (κ3) is 11.9. The maximum absolute atomic E-state index is 5.35. The van der Waals surface area contributed by atoms with Crippen molar-refractivity contribution >= 4 is 0 Å². The molecule has 0 radical (unpaired) electrons. The summed E-state index contributed by atoms with van der Waals surface area (Å²) in [5.74, 6) is 0. The van der Waals surface area contributed by atoms with Crippen LogP contribution >= 0.6 is 0 Å². The Bertz CT molecular complexity index is 84.5. The number of hydrogen-bond donors (Lipinski definition) is 0. The van der Waals surface area contributed by atoms with Crippen molar-refractivity contribution in [3.8, 4) is 0 Å². The van der Waals surface area contributed by atoms with E-state index in [1.54, 1.807) is 14.2 Å². The van der Waals surface area contributed by atoms with Crippen molar-refractivity contribution in [1.82, 2.24) is 0 Å². The molecule has 0 spiro atoms. The largest absolute Gasteiger partial charge is 0.385 e. The highest BCUT2D eigenvalue weighted by atomic mass is 16.5. The topological polar surface area (TPSA) is 27.7 Å². The highest BCUT2D eigenvalue weighted by Gasteiger charge is 1.91. The molecule has 0 N–H and O–H groups in total. The van der Waals surface area contributed by atoms with E-state index >= 15 is 0 Å². The van der Waals surface area contributed by atoms with E-state index in [1.165, 1.54) is 25.7 Å². The van der Waals surface area contributed by atoms with Crippen LogP contribution in [-0.2, 0) is 14.2 Å². The molecule has 86 valence electrons. The van der Waals surface area contributed by atoms with Gasteiger partial charge in [0.15, 0.2) is 0 Å². The molecule has 0 aromatic carbocycles. The average molecular weight is 204 g/mol. The molecule has 3 nitrogen and oxygen atoms in total. The third-order valence-corrected chi connectivity index (χ3v) is 2.07. The van der Waals surface area contributed by atoms with Crippen LogP contribution < -0.4 is 0 Å². The summed E-state index contributed by atoms with van der Waals surface area (Å²) in [4.78, 5) is 0. The molecule has 0 saturated carbocycles. The van der Waals surface area contributed by atoms with Gasteiger partial charge in [-0.2, -0.15) is 0 Å². The predicted octanol–water partition coefficient (Wildman–Crippen LogP) is 2.25. The number of hydrogen-bond acceptors (Lipinski definition) is 3. The van der Waals surface area contributed by atoms with Crippen molar-refractivity contribution < 1.29 is 14.2 Å². The van der Waals surface area contributed by atoms with E-state index in [-0.39, 0.29) is 0 Å². The average Bonchev–Trinajstić information content (AvgIpc) is 2.21. The van der Waals surface area contributed by atoms with Gasteiger partial charge in [-0.25, -0.2) is 0 Å². The lowest BCUT2D eigenvalue weighted by atomic mass is 10.1. The van der Waals surface area contributed by atoms with Crippen LogP contribution in [0.4, 0.5) is 0 Å². The van der Waals surface area contributed by atoms with Gasteiger partial charge in [-0.05, 0) is 12.8 Å². The zero-order valence-corrected chi connectivity index (χ0v) is 9.59. The van der Waals surface area contributed by atoms with E-state index < -0.39 is 0 Å². The van der Waals surface area contributed by atoms with Crippen molar-refractivity contribution in [2.45, 2.75) is 32.1 Å². The summed E-state index contributed by atoms with van der Waals surface area (Å²) >= 11 is 0. The highest BCUT2D eigenvalue weighted by Crippen LogP contribution is 2.02. The summed E-state index contributed by atoms with van der Waals surface area (Å²) in [5.41, 5.74) is 0. The Hall–Kier alpha value is -0.120. The van der Waals surface area contributed by atoms with Crippen molar-refractivity contribution in [2.75, 3.05) is 40.6 Å². The quantitative estimate of drug-likeness (QED) is 0.483. The molecule has 0 unspecified atom stereocenters. The first-order chi connectivity index (χ1) is 6.91. The number of ether oxygens (including phenoxy) is 3. The van der Waals surface area contributed by atoms with Crippen molar-refractivity contribution in [2.24, 2.45) is 0 Å². The van der Waals surface area contributed by atoms with E-state index in [1.807, 2.05) is 0 Å². The summed E-state index contributed by atoms with van der Waals surface area (Å²) in [5, 5.41) is 0. The molecule has 0 aliphatic carbocycles. The zero-order valence-electron chi connectivity index (χ0n) is 9.59. The molecule has 0 heterocycles. The van der Waals surface area contributed by atoms with Gasteiger partial charge in [0.2, 0.25) is 0 Å². The fraction of sp³-hybridized carbons (Fsp3) is 1.00. The molecule has 0 saturated heterocycles. The van der Waals surface area contributed by atoms with Gasteiger partial charge in [-0.3, -0.25) is 0 Å². The van der Waals surface area contributed by atoms with E-state index in [0.717, 1.165) is 26.2 Å². The smallest absolute Gasteiger partial charge is 0.0700 e. The normalized spacial score (nSPS) is 10.7. The Kier molecular flexibility index (Phi) is 12.8. The second kappa shape index (κ2) is 12.9. The van der Waals surface area contributed by atoms with Gasteiger partial charge in [0.1, 0.15) is 0 Å². The van der Waals surface area contributed by atoms with Crippen molar-refractivity contribution in [3.63, 3.8) is 0 Å². The van der Waals surface area contributed by atoms with Gasteiger partial charge in [0.25, 0.3) is 0 Å². The molecule has 0 bridgehead atoms. The first-order valence-electron chi connectivity index (χ1n) is 5.47. The molecule has 0 aromatic rings. The Balaban J connectivity index is 2.78. The molecular formula is C11H24O3. The van der Waals surface area contributed by atoms with Gasteiger partial charge in [-0.15, -0.1) is 0 Å². The van der Waals surface area contributed by atoms with Crippen LogP contribution in [0.3, 0.4) is 0 Å². The molecule has 3 heteroatoms. The summed E-state index contributed by atoms with van der Waals surface area (Å²) in [6.07, 6.45) is 6.16. The lowest BCUT2D eigenvalue weighted by Gasteiger charge is -2.03. The minimum Gasteiger partial charge on any atom is -0.385 e. The summed E-state index contributed by atoms with van der Waals surface area (Å²) in [6.45, 7) is 3.19. The van der Waals surface area contributed by atoms with Gasteiger partial charge in [0, 0.05) is 27.4 Å². The Labute approximate surface area is 87.7 Å². The zero-order chi connectivity index (χ0) is 10.5. The molecule has 0 aliphatic heterocycles. The lowest BCUT2D eigenvalue weighted by Crippen LogP contribution is -2.02. The molecule has 0 rings (SSSR count). The maximum Gasteiger partial charge on any atom is 0.0700 e. The predicted molar refractivity (Wildman–Crippen MR) is 57.7 cm³/mol. The Morgan fingerprint density at radius 3 is 1.79 bits per heavy atom. The number of rotatable bonds is 11. The van der Waals surface area contributed by atoms with Crippen LogP contribution in [0.5, 0.6) is 0 Å². The van der Waals surface area contributed by atoms with Crippen molar-refractivity contribution in [3.05, 3.63) is 0 Å². The van der Waals surface area contributed by atoms with Crippen LogP contribution in [0.25, 0.3) is 0 Å². The van der Waals surface area contributed by atoms with Crippen LogP contribution in [0.1, 0.15) is 32.1 Å². The maximum atomic E-state index is 5.35. The summed E-state index contributed by atoms with van der Waals surface area (Å²) < 4.78 is 15.2. The molecule has 14 heavy (non-hydrogen) atoms. The minimum atomic E-state index is 0.702. The summed E-state index contributed by atoms with van der Waals surface area (Å²) in [6, 6.07) is 0. The Morgan fingerprint density at radius 2 is 1.14 bits per heavy atom. The van der Waals surface area contributed by atoms with Crippen LogP contribution in [0.15, 0.2) is 0 Å². The van der Waals surface area contributed by atoms with Gasteiger partial charge >= 0.3 is 0 Å². The minimum absolute atomic E-state index is 0.702. The third-order valence-electron chi connectivity index (χ3n) is 2.07. The monoisotopic (exact) mass is 204 g/mol. The lowest BCUT2D eigenvalue weighted by molar-refractivity contribution is 0.0685. The van der Waals surface area contributed by atoms with Gasteiger partial charge in [0.05, 0.1) is 13.2 Å². The van der Waals surface area contributed by atoms with Crippen LogP contribution in [-0.4, -0.2) is 40.6 Å². The second-order valence-corrected chi connectivity index (χ2v) is 3.37. The fourth-order valence-electron chi connectivity index (χ4n) is 1.23. The first kappa shape index (κ1) is 13.9. The standard InChI is InChI=1S/C11H24O3/c1-12-8-6-4-3-5-7-9-14-11-10-13-2/h3-11H2,1-2H3. The fourth-order valence-corrected chi connectivity index (χ4v) is 1.23. The molecular weight excluding hydrogens is 180 g/mol. The number of methoxy groups -OCH3 is 2. The van der Waals surface area contributed by atoms with Crippen LogP contribution in [0.2, 0.25) is 0 Å². The SMILES string of the molecule is COCCCCCCCOCCOC. The van der Waals surface area contributed by atoms with E-state index in [9.17, 15) is 0 Å². The Morgan fingerprint density at radius 1 is 0.571 bits per heavy atom. The highest BCUT2D eigenvalue weighted by molar-refractivity contribution is 4.43. The molecule has 0 aliphatic rings. The molecule has 0 amide bonds. The molecule has 0 fully saturated rings. The first-order valence-corrected chi connectivity index (χ1v) is 5.47. The van der Waals surface area contributed by atoms with E-state index in [2.05, 4.69) is 0 Å². The summed E-state index contributed by atoms with van der Waals surface area (Å²) in [7, 11) is 3.45. The van der Waals surface area contributed by atoms with Crippen LogP contribution in [0, 0.1) is 0 Å². The molecule has 0 atom stereocenters. The van der Waals surface area contributed by atoms with Gasteiger partial charge in [-0.1, -0.05) is 19.3 Å².